The fraction of sp³-hybridized carbons (Fsp3) is 0.200. The van der Waals surface area contributed by atoms with E-state index in [1.165, 1.54) is 12.1 Å². The topological polar surface area (TPSA) is 47.9 Å². The highest BCUT2D eigenvalue weighted by Gasteiger charge is 2.16. The summed E-state index contributed by atoms with van der Waals surface area (Å²) in [4.78, 5) is 0. The third-order valence-corrected chi connectivity index (χ3v) is 4.68. The van der Waals surface area contributed by atoms with Crippen molar-refractivity contribution >= 4 is 0 Å². The van der Waals surface area contributed by atoms with E-state index in [2.05, 4.69) is 0 Å². The van der Waals surface area contributed by atoms with Crippen LogP contribution in [0.5, 0.6) is 23.0 Å². The van der Waals surface area contributed by atoms with Crippen molar-refractivity contribution in [2.75, 3.05) is 20.8 Å². The molecule has 3 rings (SSSR count). The maximum atomic E-state index is 13.3. The molecule has 0 saturated heterocycles. The van der Waals surface area contributed by atoms with Crippen molar-refractivity contribution < 1.29 is 23.7 Å². The molecular weight excluding hydrogens is 383 g/mol. The molecule has 156 valence electrons. The molecule has 0 bridgehead atoms. The van der Waals surface area contributed by atoms with Gasteiger partial charge in [-0.25, -0.2) is 4.39 Å². The van der Waals surface area contributed by atoms with Crippen LogP contribution in [0.15, 0.2) is 66.2 Å². The third kappa shape index (κ3) is 4.74. The number of rotatable bonds is 7. The SMILES string of the molecule is COc1cc(-c2ccc(OCC=C(C)C)c(O)c2)c(OC)cc1-c1ccc(F)cc1. The highest BCUT2D eigenvalue weighted by molar-refractivity contribution is 5.82. The van der Waals surface area contributed by atoms with E-state index < -0.39 is 0 Å². The number of halogens is 1. The predicted molar refractivity (Wildman–Crippen MR) is 117 cm³/mol. The van der Waals surface area contributed by atoms with E-state index in [0.717, 1.165) is 27.8 Å². The molecule has 30 heavy (non-hydrogen) atoms. The molecule has 0 amide bonds. The smallest absolute Gasteiger partial charge is 0.161 e. The molecular formula is C25H25FO4. The number of methoxy groups -OCH3 is 2. The summed E-state index contributed by atoms with van der Waals surface area (Å²) in [6, 6.07) is 15.1. The normalized spacial score (nSPS) is 10.4. The number of phenolic OH excluding ortho intramolecular Hbond substituents is 1. The Morgan fingerprint density at radius 3 is 1.93 bits per heavy atom. The maximum absolute atomic E-state index is 13.3. The Morgan fingerprint density at radius 1 is 0.833 bits per heavy atom. The molecule has 0 heterocycles. The van der Waals surface area contributed by atoms with E-state index >= 15 is 0 Å². The number of hydrogen-bond acceptors (Lipinski definition) is 4. The van der Waals surface area contributed by atoms with E-state index in [4.69, 9.17) is 14.2 Å². The van der Waals surface area contributed by atoms with E-state index in [9.17, 15) is 9.50 Å². The molecule has 0 aliphatic heterocycles. The molecule has 5 heteroatoms. The lowest BCUT2D eigenvalue weighted by molar-refractivity contribution is 0.335. The predicted octanol–water partition coefficient (Wildman–Crippen LogP) is 6.23. The average molecular weight is 408 g/mol. The first kappa shape index (κ1) is 21.2. The molecule has 1 N–H and O–H groups in total. The summed E-state index contributed by atoms with van der Waals surface area (Å²) in [5.41, 5.74) is 4.24. The summed E-state index contributed by atoms with van der Waals surface area (Å²) in [5.74, 6) is 1.36. The van der Waals surface area contributed by atoms with Gasteiger partial charge >= 0.3 is 0 Å². The zero-order valence-electron chi connectivity index (χ0n) is 17.5. The van der Waals surface area contributed by atoms with Gasteiger partial charge in [0.15, 0.2) is 11.5 Å². The Kier molecular flexibility index (Phi) is 6.62. The lowest BCUT2D eigenvalue weighted by Crippen LogP contribution is -1.96. The zero-order valence-corrected chi connectivity index (χ0v) is 17.5. The van der Waals surface area contributed by atoms with E-state index in [1.54, 1.807) is 38.5 Å². The van der Waals surface area contributed by atoms with Crippen LogP contribution in [-0.4, -0.2) is 25.9 Å². The highest BCUT2D eigenvalue weighted by Crippen LogP contribution is 2.42. The molecule has 0 aliphatic rings. The molecule has 0 spiro atoms. The van der Waals surface area contributed by atoms with Crippen LogP contribution in [0, 0.1) is 5.82 Å². The van der Waals surface area contributed by atoms with Crippen molar-refractivity contribution in [3.05, 3.63) is 72.1 Å². The molecule has 4 nitrogen and oxygen atoms in total. The van der Waals surface area contributed by atoms with E-state index in [0.29, 0.717) is 23.9 Å². The lowest BCUT2D eigenvalue weighted by atomic mass is 9.97. The van der Waals surface area contributed by atoms with Crippen molar-refractivity contribution in [2.45, 2.75) is 13.8 Å². The van der Waals surface area contributed by atoms with E-state index in [1.807, 2.05) is 38.1 Å². The van der Waals surface area contributed by atoms with Crippen LogP contribution >= 0.6 is 0 Å². The Morgan fingerprint density at radius 2 is 1.40 bits per heavy atom. The minimum absolute atomic E-state index is 0.0401. The van der Waals surface area contributed by atoms with Crippen LogP contribution < -0.4 is 14.2 Å². The quantitative estimate of drug-likeness (QED) is 0.471. The summed E-state index contributed by atoms with van der Waals surface area (Å²) in [7, 11) is 3.16. The fourth-order valence-corrected chi connectivity index (χ4v) is 3.08. The van der Waals surface area contributed by atoms with Crippen molar-refractivity contribution in [2.24, 2.45) is 0 Å². The molecule has 3 aromatic carbocycles. The number of phenols is 1. The van der Waals surface area contributed by atoms with E-state index in [-0.39, 0.29) is 11.6 Å². The molecule has 0 saturated carbocycles. The molecule has 0 aliphatic carbocycles. The first-order chi connectivity index (χ1) is 14.4. The van der Waals surface area contributed by atoms with Gasteiger partial charge in [0.1, 0.15) is 23.9 Å². The number of benzene rings is 3. The van der Waals surface area contributed by atoms with Crippen molar-refractivity contribution in [1.29, 1.82) is 0 Å². The average Bonchev–Trinajstić information content (AvgIpc) is 2.74. The van der Waals surface area contributed by atoms with Crippen LogP contribution in [0.1, 0.15) is 13.8 Å². The summed E-state index contributed by atoms with van der Waals surface area (Å²) >= 11 is 0. The number of ether oxygens (including phenoxy) is 3. The lowest BCUT2D eigenvalue weighted by Gasteiger charge is -2.16. The van der Waals surface area contributed by atoms with Gasteiger partial charge in [-0.05, 0) is 67.4 Å². The van der Waals surface area contributed by atoms with Crippen LogP contribution in [0.3, 0.4) is 0 Å². The molecule has 0 atom stereocenters. The molecule has 0 unspecified atom stereocenters. The Hall–Kier alpha value is -3.47. The number of hydrogen-bond donors (Lipinski definition) is 1. The van der Waals surface area contributed by atoms with Crippen LogP contribution in [-0.2, 0) is 0 Å². The molecule has 0 aromatic heterocycles. The van der Waals surface area contributed by atoms with Gasteiger partial charge in [-0.3, -0.25) is 0 Å². The van der Waals surface area contributed by atoms with Crippen molar-refractivity contribution in [3.63, 3.8) is 0 Å². The standard InChI is InChI=1S/C25H25FO4/c1-16(2)11-12-30-23-10-7-18(13-22(23)27)21-15-24(28-3)20(14-25(21)29-4)17-5-8-19(26)9-6-17/h5-11,13-15,27H,12H2,1-4H3. The Balaban J connectivity index is 2.00. The summed E-state index contributed by atoms with van der Waals surface area (Å²) in [6.07, 6.45) is 1.94. The largest absolute Gasteiger partial charge is 0.504 e. The first-order valence-corrected chi connectivity index (χ1v) is 9.54. The number of aromatic hydroxyl groups is 1. The van der Waals surface area contributed by atoms with Gasteiger partial charge in [0, 0.05) is 11.1 Å². The van der Waals surface area contributed by atoms with Crippen LogP contribution in [0.2, 0.25) is 0 Å². The first-order valence-electron chi connectivity index (χ1n) is 9.54. The second-order valence-electron chi connectivity index (χ2n) is 7.03. The van der Waals surface area contributed by atoms with Crippen LogP contribution in [0.4, 0.5) is 4.39 Å². The second-order valence-corrected chi connectivity index (χ2v) is 7.03. The van der Waals surface area contributed by atoms with Gasteiger partial charge in [0.25, 0.3) is 0 Å². The second kappa shape index (κ2) is 9.35. The maximum Gasteiger partial charge on any atom is 0.161 e. The third-order valence-electron chi connectivity index (χ3n) is 4.68. The van der Waals surface area contributed by atoms with Gasteiger partial charge < -0.3 is 19.3 Å². The summed E-state index contributed by atoms with van der Waals surface area (Å²) in [5, 5.41) is 10.4. The van der Waals surface area contributed by atoms with Gasteiger partial charge in [0.05, 0.1) is 14.2 Å². The van der Waals surface area contributed by atoms with Gasteiger partial charge in [0.2, 0.25) is 0 Å². The Labute approximate surface area is 176 Å². The van der Waals surface area contributed by atoms with Crippen molar-refractivity contribution in [1.82, 2.24) is 0 Å². The fourth-order valence-electron chi connectivity index (χ4n) is 3.08. The summed E-state index contributed by atoms with van der Waals surface area (Å²) < 4.78 is 30.1. The minimum Gasteiger partial charge on any atom is -0.504 e. The van der Waals surface area contributed by atoms with Crippen LogP contribution in [0.25, 0.3) is 22.3 Å². The zero-order chi connectivity index (χ0) is 21.7. The molecule has 3 aromatic rings. The Bertz CT molecular complexity index is 1050. The van der Waals surface area contributed by atoms with Crippen molar-refractivity contribution in [3.8, 4) is 45.3 Å². The van der Waals surface area contributed by atoms with Gasteiger partial charge in [-0.2, -0.15) is 0 Å². The molecule has 0 radical (unpaired) electrons. The highest BCUT2D eigenvalue weighted by atomic mass is 19.1. The minimum atomic E-state index is -0.302. The molecule has 0 fully saturated rings. The van der Waals surface area contributed by atoms with Gasteiger partial charge in [-0.1, -0.05) is 23.8 Å². The summed E-state index contributed by atoms with van der Waals surface area (Å²) in [6.45, 7) is 4.36. The van der Waals surface area contributed by atoms with Gasteiger partial charge in [-0.15, -0.1) is 0 Å². The number of allylic oxidation sites excluding steroid dienone is 1. The monoisotopic (exact) mass is 408 g/mol.